The number of rotatable bonds is 4. The Bertz CT molecular complexity index is 425. The Kier molecular flexibility index (Phi) is 4.56. The highest BCUT2D eigenvalue weighted by Gasteiger charge is 2.42. The molecule has 0 amide bonds. The monoisotopic (exact) mass is 277 g/mol. The van der Waals surface area contributed by atoms with Gasteiger partial charge in [0.2, 0.25) is 0 Å². The molecule has 100 valence electrons. The summed E-state index contributed by atoms with van der Waals surface area (Å²) in [7, 11) is 0. The molecule has 6 heteroatoms. The van der Waals surface area contributed by atoms with E-state index in [9.17, 15) is 13.2 Å². The molecule has 0 fully saturated rings. The van der Waals surface area contributed by atoms with E-state index in [1.165, 1.54) is 0 Å². The minimum absolute atomic E-state index is 0.387. The van der Waals surface area contributed by atoms with Gasteiger partial charge in [-0.1, -0.05) is 18.3 Å². The fourth-order valence-corrected chi connectivity index (χ4v) is 1.74. The largest absolute Gasteiger partial charge is 0.492 e. The molecule has 18 heavy (non-hydrogen) atoms. The number of benzene rings is 1. The van der Waals surface area contributed by atoms with Crippen LogP contribution in [-0.2, 0) is 0 Å². The summed E-state index contributed by atoms with van der Waals surface area (Å²) in [5, 5.41) is 0. The molecule has 0 aliphatic carbocycles. The second-order valence-electron chi connectivity index (χ2n) is 4.13. The van der Waals surface area contributed by atoms with Crippen molar-refractivity contribution in [1.29, 1.82) is 0 Å². The van der Waals surface area contributed by atoms with Crippen molar-refractivity contribution in [2.24, 2.45) is 11.7 Å². The van der Waals surface area contributed by atoms with Crippen molar-refractivity contribution in [3.8, 4) is 5.75 Å². The van der Waals surface area contributed by atoms with Gasteiger partial charge in [0.1, 0.15) is 18.3 Å². The van der Waals surface area contributed by atoms with Gasteiger partial charge in [-0.3, -0.25) is 0 Å². The molecule has 0 aliphatic rings. The van der Waals surface area contributed by atoms with Gasteiger partial charge in [-0.25, -0.2) is 0 Å². The first kappa shape index (κ1) is 14.8. The Hall–Kier alpha value is -1.30. The lowest BCUT2D eigenvalue weighted by molar-refractivity contribution is -0.161. The summed E-state index contributed by atoms with van der Waals surface area (Å²) < 4.78 is 42.9. The average molecular weight is 277 g/mol. The van der Waals surface area contributed by atoms with Crippen LogP contribution in [0.1, 0.15) is 11.1 Å². The van der Waals surface area contributed by atoms with Crippen LogP contribution < -0.4 is 10.5 Å². The van der Waals surface area contributed by atoms with Gasteiger partial charge in [0.25, 0.3) is 0 Å². The van der Waals surface area contributed by atoms with E-state index in [1.54, 1.807) is 12.1 Å². The molecule has 1 aromatic rings. The average Bonchev–Trinajstić information content (AvgIpc) is 2.12. The minimum atomic E-state index is -4.48. The van der Waals surface area contributed by atoms with Crippen LogP contribution in [-0.4, -0.2) is 17.8 Å². The summed E-state index contributed by atoms with van der Waals surface area (Å²) in [6, 6.07) is 5.24. The number of thiocarbonyl (C=S) groups is 1. The summed E-state index contributed by atoms with van der Waals surface area (Å²) in [5.41, 5.74) is 6.92. The smallest absolute Gasteiger partial charge is 0.401 e. The van der Waals surface area contributed by atoms with E-state index in [0.29, 0.717) is 5.75 Å². The first-order valence-corrected chi connectivity index (χ1v) is 5.68. The molecule has 0 aromatic heterocycles. The number of hydrogen-bond acceptors (Lipinski definition) is 2. The third-order valence-corrected chi connectivity index (χ3v) is 2.63. The maximum atomic E-state index is 12.6. The van der Waals surface area contributed by atoms with E-state index in [2.05, 4.69) is 12.2 Å². The zero-order valence-corrected chi connectivity index (χ0v) is 10.9. The molecule has 1 aromatic carbocycles. The van der Waals surface area contributed by atoms with E-state index < -0.39 is 23.7 Å². The van der Waals surface area contributed by atoms with Crippen LogP contribution in [0.3, 0.4) is 0 Å². The molecule has 2 nitrogen and oxygen atoms in total. The molecule has 1 rings (SSSR count). The lowest BCUT2D eigenvalue weighted by Crippen LogP contribution is -2.38. The van der Waals surface area contributed by atoms with Crippen molar-refractivity contribution >= 4 is 17.2 Å². The standard InChI is InChI=1S/C12H14F3NOS/c1-7-3-8(2)5-9(4-7)17-6-10(11(16)18)12(13,14)15/h3-5,10H,6H2,1-2H3,(H2,16,18). The normalized spacial score (nSPS) is 13.2. The number of halogens is 3. The van der Waals surface area contributed by atoms with Crippen molar-refractivity contribution in [3.05, 3.63) is 29.3 Å². The predicted octanol–water partition coefficient (Wildman–Crippen LogP) is 3.15. The van der Waals surface area contributed by atoms with Crippen molar-refractivity contribution in [2.75, 3.05) is 6.61 Å². The second-order valence-corrected chi connectivity index (χ2v) is 4.60. The van der Waals surface area contributed by atoms with Crippen LogP contribution in [0.25, 0.3) is 0 Å². The fraction of sp³-hybridized carbons (Fsp3) is 0.417. The van der Waals surface area contributed by atoms with Crippen molar-refractivity contribution in [1.82, 2.24) is 0 Å². The molecule has 0 saturated heterocycles. The van der Waals surface area contributed by atoms with E-state index in [4.69, 9.17) is 10.5 Å². The first-order chi connectivity index (χ1) is 8.20. The van der Waals surface area contributed by atoms with E-state index in [-0.39, 0.29) is 0 Å². The van der Waals surface area contributed by atoms with Crippen LogP contribution in [0.4, 0.5) is 13.2 Å². The quantitative estimate of drug-likeness (QED) is 0.859. The summed E-state index contributed by atoms with van der Waals surface area (Å²) in [5.74, 6) is -1.54. The maximum Gasteiger partial charge on any atom is 0.401 e. The molecular weight excluding hydrogens is 263 g/mol. The lowest BCUT2D eigenvalue weighted by atomic mass is 10.1. The zero-order valence-electron chi connectivity index (χ0n) is 10.0. The SMILES string of the molecule is Cc1cc(C)cc(OCC(C(N)=S)C(F)(F)F)c1. The molecule has 1 unspecified atom stereocenters. The van der Waals surface area contributed by atoms with Gasteiger partial charge < -0.3 is 10.5 Å². The minimum Gasteiger partial charge on any atom is -0.492 e. The van der Waals surface area contributed by atoms with Crippen molar-refractivity contribution < 1.29 is 17.9 Å². The van der Waals surface area contributed by atoms with Crippen LogP contribution >= 0.6 is 12.2 Å². The Morgan fingerprint density at radius 1 is 1.28 bits per heavy atom. The van der Waals surface area contributed by atoms with Crippen molar-refractivity contribution in [2.45, 2.75) is 20.0 Å². The lowest BCUT2D eigenvalue weighted by Gasteiger charge is -2.19. The number of ether oxygens (including phenoxy) is 1. The fourth-order valence-electron chi connectivity index (χ4n) is 1.53. The van der Waals surface area contributed by atoms with Gasteiger partial charge in [-0.15, -0.1) is 0 Å². The summed E-state index contributed by atoms with van der Waals surface area (Å²) in [6.07, 6.45) is -4.48. The molecule has 2 N–H and O–H groups in total. The Morgan fingerprint density at radius 2 is 1.78 bits per heavy atom. The van der Waals surface area contributed by atoms with Crippen LogP contribution in [0, 0.1) is 19.8 Å². The third kappa shape index (κ3) is 4.18. The molecule has 0 spiro atoms. The summed E-state index contributed by atoms with van der Waals surface area (Å²) in [4.78, 5) is -0.605. The van der Waals surface area contributed by atoms with Gasteiger partial charge >= 0.3 is 6.18 Å². The molecule has 1 atom stereocenters. The second kappa shape index (κ2) is 5.56. The van der Waals surface area contributed by atoms with Gasteiger partial charge in [0.05, 0.1) is 4.99 Å². The number of aryl methyl sites for hydroxylation is 2. The Balaban J connectivity index is 2.76. The molecule has 0 saturated carbocycles. The molecular formula is C12H14F3NOS. The molecule has 0 radical (unpaired) electrons. The van der Waals surface area contributed by atoms with Gasteiger partial charge in [0, 0.05) is 0 Å². The Morgan fingerprint density at radius 3 is 2.17 bits per heavy atom. The summed E-state index contributed by atoms with van der Waals surface area (Å²) >= 11 is 4.41. The van der Waals surface area contributed by atoms with Crippen molar-refractivity contribution in [3.63, 3.8) is 0 Å². The van der Waals surface area contributed by atoms with Crippen LogP contribution in [0.2, 0.25) is 0 Å². The highest BCUT2D eigenvalue weighted by molar-refractivity contribution is 7.80. The van der Waals surface area contributed by atoms with Gasteiger partial charge in [0.15, 0.2) is 0 Å². The number of nitrogens with two attached hydrogens (primary N) is 1. The Labute approximate surface area is 109 Å². The highest BCUT2D eigenvalue weighted by atomic mass is 32.1. The van der Waals surface area contributed by atoms with Gasteiger partial charge in [-0.2, -0.15) is 13.2 Å². The van der Waals surface area contributed by atoms with Gasteiger partial charge in [-0.05, 0) is 37.1 Å². The van der Waals surface area contributed by atoms with E-state index >= 15 is 0 Å². The maximum absolute atomic E-state index is 12.6. The highest BCUT2D eigenvalue weighted by Crippen LogP contribution is 2.27. The molecule has 0 bridgehead atoms. The topological polar surface area (TPSA) is 35.2 Å². The molecule has 0 heterocycles. The van der Waals surface area contributed by atoms with E-state index in [0.717, 1.165) is 11.1 Å². The number of hydrogen-bond donors (Lipinski definition) is 1. The first-order valence-electron chi connectivity index (χ1n) is 5.27. The predicted molar refractivity (Wildman–Crippen MR) is 67.7 cm³/mol. The molecule has 0 aliphatic heterocycles. The third-order valence-electron chi connectivity index (χ3n) is 2.35. The summed E-state index contributed by atoms with van der Waals surface area (Å²) in [6.45, 7) is 3.09. The van der Waals surface area contributed by atoms with Crippen LogP contribution in [0.15, 0.2) is 18.2 Å². The van der Waals surface area contributed by atoms with E-state index in [1.807, 2.05) is 19.9 Å². The number of alkyl halides is 3. The van der Waals surface area contributed by atoms with Crippen LogP contribution in [0.5, 0.6) is 5.75 Å². The zero-order chi connectivity index (χ0) is 13.9.